The van der Waals surface area contributed by atoms with Gasteiger partial charge >= 0.3 is 5.97 Å². The number of halogens is 2. The molecule has 0 unspecified atom stereocenters. The van der Waals surface area contributed by atoms with Crippen LogP contribution in [0.2, 0.25) is 0 Å². The molecule has 0 fully saturated rings. The molecule has 6 heteroatoms. The van der Waals surface area contributed by atoms with Gasteiger partial charge in [0.1, 0.15) is 11.5 Å². The second-order valence-electron chi connectivity index (χ2n) is 3.02. The first-order valence-electron chi connectivity index (χ1n) is 4.38. The van der Waals surface area contributed by atoms with Crippen LogP contribution in [0, 0.1) is 0 Å². The Hall–Kier alpha value is -0.750. The zero-order valence-corrected chi connectivity index (χ0v) is 11.8. The summed E-state index contributed by atoms with van der Waals surface area (Å²) in [5, 5.41) is 8.73. The van der Waals surface area contributed by atoms with Gasteiger partial charge in [-0.25, -0.2) is 4.79 Å². The fraction of sp³-hybridized carbons (Fsp3) is 0.300. The van der Waals surface area contributed by atoms with Gasteiger partial charge in [0.25, 0.3) is 0 Å². The maximum Gasteiger partial charge on any atom is 0.344 e. The number of aliphatic carboxylic acids is 1. The van der Waals surface area contributed by atoms with Gasteiger partial charge in [0.15, 0.2) is 6.10 Å². The molecule has 0 spiro atoms. The van der Waals surface area contributed by atoms with Crippen LogP contribution in [0.5, 0.6) is 11.5 Å². The van der Waals surface area contributed by atoms with Crippen LogP contribution in [-0.2, 0) is 4.79 Å². The Balaban J connectivity index is 2.98. The summed E-state index contributed by atoms with van der Waals surface area (Å²) in [5.74, 6) is 0.0728. The van der Waals surface area contributed by atoms with Crippen molar-refractivity contribution in [1.82, 2.24) is 0 Å². The fourth-order valence-electron chi connectivity index (χ4n) is 0.998. The molecule has 0 radical (unpaired) electrons. The lowest BCUT2D eigenvalue weighted by molar-refractivity contribution is -0.144. The van der Waals surface area contributed by atoms with E-state index in [1.165, 1.54) is 6.92 Å². The van der Waals surface area contributed by atoms with Crippen LogP contribution >= 0.6 is 31.9 Å². The molecule has 1 aromatic rings. The summed E-state index contributed by atoms with van der Waals surface area (Å²) in [5.41, 5.74) is 0. The Labute approximate surface area is 110 Å². The molecule has 0 heterocycles. The van der Waals surface area contributed by atoms with E-state index in [0.29, 0.717) is 20.4 Å². The maximum absolute atomic E-state index is 10.6. The Morgan fingerprint density at radius 2 is 1.81 bits per heavy atom. The van der Waals surface area contributed by atoms with Crippen LogP contribution in [0.15, 0.2) is 21.1 Å². The van der Waals surface area contributed by atoms with E-state index in [1.54, 1.807) is 19.2 Å². The highest BCUT2D eigenvalue weighted by Crippen LogP contribution is 2.36. The molecule has 1 aromatic carbocycles. The van der Waals surface area contributed by atoms with Gasteiger partial charge in [-0.2, -0.15) is 0 Å². The van der Waals surface area contributed by atoms with Crippen molar-refractivity contribution in [3.8, 4) is 11.5 Å². The lowest BCUT2D eigenvalue weighted by Gasteiger charge is -2.13. The molecule has 0 aromatic heterocycles. The molecular weight excluding hydrogens is 344 g/mol. The number of hydrogen-bond donors (Lipinski definition) is 1. The summed E-state index contributed by atoms with van der Waals surface area (Å²) < 4.78 is 11.7. The zero-order valence-electron chi connectivity index (χ0n) is 8.66. The Morgan fingerprint density at radius 3 is 2.31 bits per heavy atom. The number of methoxy groups -OCH3 is 1. The number of carboxylic acids is 1. The first-order valence-corrected chi connectivity index (χ1v) is 5.96. The Morgan fingerprint density at radius 1 is 1.31 bits per heavy atom. The summed E-state index contributed by atoms with van der Waals surface area (Å²) in [6.45, 7) is 1.47. The van der Waals surface area contributed by atoms with Gasteiger partial charge in [-0.15, -0.1) is 0 Å². The predicted molar refractivity (Wildman–Crippen MR) is 66.1 cm³/mol. The lowest BCUT2D eigenvalue weighted by Crippen LogP contribution is -2.23. The van der Waals surface area contributed by atoms with Crippen molar-refractivity contribution in [3.05, 3.63) is 21.1 Å². The predicted octanol–water partition coefficient (Wildman–Crippen LogP) is 3.07. The van der Waals surface area contributed by atoms with E-state index in [-0.39, 0.29) is 0 Å². The summed E-state index contributed by atoms with van der Waals surface area (Å²) in [4.78, 5) is 10.6. The molecule has 1 atom stereocenters. The third kappa shape index (κ3) is 3.12. The summed E-state index contributed by atoms with van der Waals surface area (Å²) >= 11 is 6.58. The van der Waals surface area contributed by atoms with Gasteiger partial charge in [-0.3, -0.25) is 0 Å². The Kier molecular flexibility index (Phi) is 4.61. The van der Waals surface area contributed by atoms with E-state index in [0.717, 1.165) is 0 Å². The van der Waals surface area contributed by atoms with Gasteiger partial charge in [-0.05, 0) is 50.9 Å². The highest BCUT2D eigenvalue weighted by Gasteiger charge is 2.15. The third-order valence-corrected chi connectivity index (χ3v) is 3.10. The van der Waals surface area contributed by atoms with Gasteiger partial charge in [0, 0.05) is 0 Å². The smallest absolute Gasteiger partial charge is 0.344 e. The molecule has 0 saturated carbocycles. The van der Waals surface area contributed by atoms with Gasteiger partial charge in [0.2, 0.25) is 0 Å². The van der Waals surface area contributed by atoms with E-state index >= 15 is 0 Å². The van der Waals surface area contributed by atoms with Crippen LogP contribution in [0.3, 0.4) is 0 Å². The SMILES string of the molecule is COc1cc(Br)c(O[C@H](C)C(=O)O)cc1Br. The topological polar surface area (TPSA) is 55.8 Å². The fourth-order valence-corrected chi connectivity index (χ4v) is 1.90. The number of carbonyl (C=O) groups is 1. The quantitative estimate of drug-likeness (QED) is 0.903. The van der Waals surface area contributed by atoms with Crippen LogP contribution in [0.4, 0.5) is 0 Å². The van der Waals surface area contributed by atoms with Crippen molar-refractivity contribution in [2.24, 2.45) is 0 Å². The number of benzene rings is 1. The van der Waals surface area contributed by atoms with Crippen LogP contribution in [0.1, 0.15) is 6.92 Å². The molecule has 0 bridgehead atoms. The second kappa shape index (κ2) is 5.54. The lowest BCUT2D eigenvalue weighted by atomic mass is 10.3. The molecule has 0 saturated heterocycles. The average Bonchev–Trinajstić information content (AvgIpc) is 2.22. The summed E-state index contributed by atoms with van der Waals surface area (Å²) in [6.07, 6.45) is -0.906. The molecule has 16 heavy (non-hydrogen) atoms. The number of ether oxygens (including phenoxy) is 2. The van der Waals surface area contributed by atoms with Gasteiger partial charge in [0.05, 0.1) is 16.1 Å². The molecular formula is C10H10Br2O4. The molecule has 0 amide bonds. The van der Waals surface area contributed by atoms with E-state index in [9.17, 15) is 4.79 Å². The standard InChI is InChI=1S/C10H10Br2O4/c1-5(10(13)14)16-9-4-6(11)8(15-2)3-7(9)12/h3-5H,1-2H3,(H,13,14)/t5-/m1/s1. The van der Waals surface area contributed by atoms with E-state index in [4.69, 9.17) is 14.6 Å². The van der Waals surface area contributed by atoms with Crippen molar-refractivity contribution in [2.45, 2.75) is 13.0 Å². The minimum atomic E-state index is -1.01. The van der Waals surface area contributed by atoms with Crippen molar-refractivity contribution in [2.75, 3.05) is 7.11 Å². The molecule has 0 aliphatic carbocycles. The molecule has 4 nitrogen and oxygen atoms in total. The summed E-state index contributed by atoms with van der Waals surface area (Å²) in [6, 6.07) is 3.36. The molecule has 1 N–H and O–H groups in total. The normalized spacial score (nSPS) is 12.0. The number of hydrogen-bond acceptors (Lipinski definition) is 3. The first-order chi connectivity index (χ1) is 7.45. The second-order valence-corrected chi connectivity index (χ2v) is 4.72. The molecule has 0 aliphatic heterocycles. The zero-order chi connectivity index (χ0) is 12.3. The maximum atomic E-state index is 10.6. The molecule has 1 rings (SSSR count). The summed E-state index contributed by atoms with van der Waals surface area (Å²) in [7, 11) is 1.55. The van der Waals surface area contributed by atoms with Crippen LogP contribution < -0.4 is 9.47 Å². The largest absolute Gasteiger partial charge is 0.496 e. The minimum Gasteiger partial charge on any atom is -0.496 e. The number of carboxylic acid groups (broad SMARTS) is 1. The monoisotopic (exact) mass is 352 g/mol. The van der Waals surface area contributed by atoms with E-state index in [2.05, 4.69) is 31.9 Å². The van der Waals surface area contributed by atoms with Crippen molar-refractivity contribution in [1.29, 1.82) is 0 Å². The van der Waals surface area contributed by atoms with E-state index in [1.807, 2.05) is 0 Å². The van der Waals surface area contributed by atoms with Gasteiger partial charge < -0.3 is 14.6 Å². The first kappa shape index (κ1) is 13.3. The van der Waals surface area contributed by atoms with Crippen molar-refractivity contribution in [3.63, 3.8) is 0 Å². The highest BCUT2D eigenvalue weighted by atomic mass is 79.9. The average molecular weight is 354 g/mol. The third-order valence-electron chi connectivity index (χ3n) is 1.86. The van der Waals surface area contributed by atoms with Crippen molar-refractivity contribution < 1.29 is 19.4 Å². The Bertz CT molecular complexity index is 406. The van der Waals surface area contributed by atoms with Crippen molar-refractivity contribution >= 4 is 37.8 Å². The number of rotatable bonds is 4. The minimum absolute atomic E-state index is 0.447. The van der Waals surface area contributed by atoms with E-state index < -0.39 is 12.1 Å². The highest BCUT2D eigenvalue weighted by molar-refractivity contribution is 9.11. The van der Waals surface area contributed by atoms with Crippen LogP contribution in [-0.4, -0.2) is 24.3 Å². The van der Waals surface area contributed by atoms with Gasteiger partial charge in [-0.1, -0.05) is 0 Å². The molecule has 0 aliphatic rings. The van der Waals surface area contributed by atoms with Crippen LogP contribution in [0.25, 0.3) is 0 Å². The molecule has 88 valence electrons.